The lowest BCUT2D eigenvalue weighted by atomic mass is 10.1. The maximum absolute atomic E-state index is 11.5. The fourth-order valence-corrected chi connectivity index (χ4v) is 1.57. The third-order valence-electron chi connectivity index (χ3n) is 2.32. The van der Waals surface area contributed by atoms with Crippen molar-refractivity contribution in [2.75, 3.05) is 0 Å². The maximum atomic E-state index is 11.5. The monoisotopic (exact) mass is 289 g/mol. The van der Waals surface area contributed by atoms with E-state index in [0.717, 1.165) is 5.56 Å². The lowest BCUT2D eigenvalue weighted by Gasteiger charge is -2.13. The second-order valence-electron chi connectivity index (χ2n) is 4.47. The van der Waals surface area contributed by atoms with E-state index in [4.69, 9.17) is 22.1 Å². The lowest BCUT2D eigenvalue weighted by molar-refractivity contribution is -0.146. The van der Waals surface area contributed by atoms with Crippen LogP contribution in [0.3, 0.4) is 0 Å². The van der Waals surface area contributed by atoms with Gasteiger partial charge in [-0.25, -0.2) is 0 Å². The first kappa shape index (κ1) is 17.3. The van der Waals surface area contributed by atoms with E-state index < -0.39 is 6.04 Å². The lowest BCUT2D eigenvalue weighted by Crippen LogP contribution is -2.33. The van der Waals surface area contributed by atoms with Crippen molar-refractivity contribution in [1.29, 1.82) is 0 Å². The molecule has 0 aliphatic heterocycles. The fourth-order valence-electron chi connectivity index (χ4n) is 1.45. The van der Waals surface area contributed by atoms with Gasteiger partial charge in [0.2, 0.25) is 0 Å². The Bertz CT molecular complexity index is 368. The summed E-state index contributed by atoms with van der Waals surface area (Å²) < 4.78 is 5.12. The summed E-state index contributed by atoms with van der Waals surface area (Å²) in [5.41, 5.74) is 6.61. The highest BCUT2D eigenvalue weighted by molar-refractivity contribution is 7.59. The quantitative estimate of drug-likeness (QED) is 0.848. The van der Waals surface area contributed by atoms with Crippen LogP contribution >= 0.6 is 25.1 Å². The fraction of sp³-hybridized carbons (Fsp3) is 0.462. The Balaban J connectivity index is 0.00000289. The second kappa shape index (κ2) is 8.40. The molecule has 0 saturated heterocycles. The average molecular weight is 290 g/mol. The molecule has 1 rings (SSSR count). The van der Waals surface area contributed by atoms with Crippen molar-refractivity contribution < 1.29 is 9.53 Å². The largest absolute Gasteiger partial charge is 0.460 e. The molecule has 0 aliphatic carbocycles. The molecule has 0 aliphatic rings. The number of carbonyl (C=O) groups is 1. The van der Waals surface area contributed by atoms with Crippen LogP contribution < -0.4 is 5.73 Å². The molecule has 0 spiro atoms. The van der Waals surface area contributed by atoms with Crippen LogP contribution in [0.25, 0.3) is 0 Å². The van der Waals surface area contributed by atoms with Crippen molar-refractivity contribution in [2.45, 2.75) is 32.9 Å². The molecule has 0 heterocycles. The third-order valence-corrected chi connectivity index (χ3v) is 2.57. The number of nitrogens with two attached hydrogens (primary N) is 1. The van der Waals surface area contributed by atoms with Gasteiger partial charge in [0.05, 0.1) is 0 Å². The third kappa shape index (κ3) is 6.28. The molecular weight excluding hydrogens is 270 g/mol. The van der Waals surface area contributed by atoms with Crippen molar-refractivity contribution in [3.63, 3.8) is 0 Å². The normalized spacial score (nSPS) is 11.8. The van der Waals surface area contributed by atoms with E-state index in [1.54, 1.807) is 12.1 Å². The van der Waals surface area contributed by atoms with Gasteiger partial charge in [0.15, 0.2) is 0 Å². The van der Waals surface area contributed by atoms with Crippen LogP contribution in [0.5, 0.6) is 0 Å². The summed E-state index contributed by atoms with van der Waals surface area (Å²) in [6.07, 6.45) is 0.638. The highest BCUT2D eigenvalue weighted by Crippen LogP contribution is 2.11. The van der Waals surface area contributed by atoms with Crippen LogP contribution in [0.1, 0.15) is 25.8 Å². The first-order chi connectivity index (χ1) is 7.99. The highest BCUT2D eigenvalue weighted by Gasteiger charge is 2.16. The zero-order valence-electron chi connectivity index (χ0n) is 10.7. The number of benzene rings is 1. The predicted molar refractivity (Wildman–Crippen MR) is 79.1 cm³/mol. The molecule has 0 saturated carbocycles. The van der Waals surface area contributed by atoms with Crippen LogP contribution in [-0.2, 0) is 16.1 Å². The van der Waals surface area contributed by atoms with Gasteiger partial charge in [-0.2, -0.15) is 13.5 Å². The predicted octanol–water partition coefficient (Wildman–Crippen LogP) is 2.87. The Morgan fingerprint density at radius 2 is 1.89 bits per heavy atom. The van der Waals surface area contributed by atoms with Crippen molar-refractivity contribution in [1.82, 2.24) is 0 Å². The molecule has 0 radical (unpaired) electrons. The molecule has 0 aromatic heterocycles. The Labute approximate surface area is 120 Å². The zero-order chi connectivity index (χ0) is 12.8. The van der Waals surface area contributed by atoms with Gasteiger partial charge in [-0.1, -0.05) is 37.6 Å². The Morgan fingerprint density at radius 1 is 1.33 bits per heavy atom. The van der Waals surface area contributed by atoms with E-state index in [0.29, 0.717) is 17.4 Å². The molecule has 0 unspecified atom stereocenters. The Hall–Kier alpha value is -0.710. The standard InChI is InChI=1S/C13H18ClNO2.H2S/c1-9(2)7-12(15)13(16)17-8-10-3-5-11(14)6-4-10;/h3-6,9,12H,7-8,15H2,1-2H3;1H2/t12-;/m0./s1. The summed E-state index contributed by atoms with van der Waals surface area (Å²) in [5, 5.41) is 0.664. The van der Waals surface area contributed by atoms with Gasteiger partial charge in [-0.15, -0.1) is 0 Å². The molecule has 0 fully saturated rings. The molecule has 1 atom stereocenters. The number of halogens is 1. The van der Waals surface area contributed by atoms with Gasteiger partial charge in [-0.05, 0) is 30.0 Å². The summed E-state index contributed by atoms with van der Waals surface area (Å²) in [5.74, 6) is 0.0294. The molecule has 102 valence electrons. The Morgan fingerprint density at radius 3 is 2.39 bits per heavy atom. The van der Waals surface area contributed by atoms with E-state index in [2.05, 4.69) is 0 Å². The van der Waals surface area contributed by atoms with Crippen molar-refractivity contribution >= 4 is 31.1 Å². The molecule has 3 nitrogen and oxygen atoms in total. The zero-order valence-corrected chi connectivity index (χ0v) is 12.4. The summed E-state index contributed by atoms with van der Waals surface area (Å²) in [6, 6.07) is 6.63. The second-order valence-corrected chi connectivity index (χ2v) is 4.91. The van der Waals surface area contributed by atoms with E-state index in [-0.39, 0.29) is 26.1 Å². The summed E-state index contributed by atoms with van der Waals surface area (Å²) >= 11 is 5.75. The summed E-state index contributed by atoms with van der Waals surface area (Å²) in [6.45, 7) is 4.28. The number of rotatable bonds is 5. The summed E-state index contributed by atoms with van der Waals surface area (Å²) in [7, 11) is 0. The first-order valence-corrected chi connectivity index (χ1v) is 6.03. The minimum absolute atomic E-state index is 0. The number of carbonyl (C=O) groups excluding carboxylic acids is 1. The van der Waals surface area contributed by atoms with Gasteiger partial charge in [0.1, 0.15) is 12.6 Å². The van der Waals surface area contributed by atoms with E-state index >= 15 is 0 Å². The van der Waals surface area contributed by atoms with Gasteiger partial charge < -0.3 is 10.5 Å². The summed E-state index contributed by atoms with van der Waals surface area (Å²) in [4.78, 5) is 11.5. The number of esters is 1. The van der Waals surface area contributed by atoms with Crippen molar-refractivity contribution in [2.24, 2.45) is 11.7 Å². The molecule has 18 heavy (non-hydrogen) atoms. The van der Waals surface area contributed by atoms with Crippen LogP contribution in [0, 0.1) is 5.92 Å². The highest BCUT2D eigenvalue weighted by atomic mass is 35.5. The molecule has 1 aromatic carbocycles. The van der Waals surface area contributed by atoms with Gasteiger partial charge in [-0.3, -0.25) is 4.79 Å². The topological polar surface area (TPSA) is 52.3 Å². The van der Waals surface area contributed by atoms with Crippen LogP contribution in [-0.4, -0.2) is 12.0 Å². The van der Waals surface area contributed by atoms with E-state index in [9.17, 15) is 4.79 Å². The first-order valence-electron chi connectivity index (χ1n) is 5.65. The van der Waals surface area contributed by atoms with Gasteiger partial charge >= 0.3 is 5.97 Å². The van der Waals surface area contributed by atoms with E-state index in [1.165, 1.54) is 0 Å². The van der Waals surface area contributed by atoms with Crippen molar-refractivity contribution in [3.05, 3.63) is 34.9 Å². The molecular formula is C13H20ClNO2S. The smallest absolute Gasteiger partial charge is 0.323 e. The van der Waals surface area contributed by atoms with Crippen LogP contribution in [0.2, 0.25) is 5.02 Å². The van der Waals surface area contributed by atoms with Gasteiger partial charge in [0, 0.05) is 5.02 Å². The van der Waals surface area contributed by atoms with E-state index in [1.807, 2.05) is 26.0 Å². The molecule has 1 aromatic rings. The molecule has 0 bridgehead atoms. The average Bonchev–Trinajstić information content (AvgIpc) is 2.27. The number of hydrogen-bond donors (Lipinski definition) is 1. The van der Waals surface area contributed by atoms with Crippen LogP contribution in [0.4, 0.5) is 0 Å². The van der Waals surface area contributed by atoms with Crippen molar-refractivity contribution in [3.8, 4) is 0 Å². The molecule has 2 N–H and O–H groups in total. The Kier molecular flexibility index (Phi) is 8.07. The number of hydrogen-bond acceptors (Lipinski definition) is 3. The maximum Gasteiger partial charge on any atom is 0.323 e. The van der Waals surface area contributed by atoms with Gasteiger partial charge in [0.25, 0.3) is 0 Å². The minimum Gasteiger partial charge on any atom is -0.460 e. The molecule has 0 amide bonds. The SMILES string of the molecule is CC(C)C[C@H](N)C(=O)OCc1ccc(Cl)cc1.S. The molecule has 5 heteroatoms. The minimum atomic E-state index is -0.540. The number of ether oxygens (including phenoxy) is 1. The van der Waals surface area contributed by atoms with Crippen LogP contribution in [0.15, 0.2) is 24.3 Å².